The smallest absolute Gasteiger partial charge is 0.408 e. The molecule has 2 aromatic carbocycles. The number of benzene rings is 2. The summed E-state index contributed by atoms with van der Waals surface area (Å²) in [5, 5.41) is 0.391. The Morgan fingerprint density at radius 2 is 1.85 bits per heavy atom. The Morgan fingerprint density at radius 1 is 1.10 bits per heavy atom. The quantitative estimate of drug-likeness (QED) is 0.857. The number of aryl methyl sites for hydroxylation is 2. The molecular formula is C16H17O3P. The lowest BCUT2D eigenvalue weighted by molar-refractivity contribution is 0.390. The minimum atomic E-state index is -3.77. The van der Waals surface area contributed by atoms with Gasteiger partial charge < -0.3 is 9.42 Å². The summed E-state index contributed by atoms with van der Waals surface area (Å²) in [7, 11) is -3.77. The Morgan fingerprint density at radius 3 is 2.55 bits per heavy atom. The second-order valence-electron chi connectivity index (χ2n) is 4.97. The molecule has 0 aliphatic carbocycles. The molecule has 3 nitrogen and oxygen atoms in total. The second-order valence-corrected chi connectivity index (χ2v) is 6.67. The lowest BCUT2D eigenvalue weighted by Gasteiger charge is -2.27. The Bertz CT molecular complexity index is 722. The first-order valence-electron chi connectivity index (χ1n) is 6.85. The van der Waals surface area contributed by atoms with E-state index in [1.807, 2.05) is 19.1 Å². The van der Waals surface area contributed by atoms with Crippen LogP contribution >= 0.6 is 7.60 Å². The van der Waals surface area contributed by atoms with E-state index in [1.54, 1.807) is 12.1 Å². The van der Waals surface area contributed by atoms with Crippen molar-refractivity contribution in [2.45, 2.75) is 26.7 Å². The van der Waals surface area contributed by atoms with Crippen LogP contribution in [-0.2, 0) is 17.4 Å². The predicted molar refractivity (Wildman–Crippen MR) is 80.7 cm³/mol. The van der Waals surface area contributed by atoms with Gasteiger partial charge in [-0.2, -0.15) is 0 Å². The van der Waals surface area contributed by atoms with E-state index >= 15 is 0 Å². The van der Waals surface area contributed by atoms with Gasteiger partial charge in [0.1, 0.15) is 5.75 Å². The standard InChI is InChI=1S/C16H17O3P/c1-3-11-9-12(4-2)16-14(10-11)13-7-5-6-8-15(13)20(17,18)19-16/h5-10H,3-4H2,1-2H3,(H,17,18). The van der Waals surface area contributed by atoms with Crippen LogP contribution in [0.4, 0.5) is 0 Å². The maximum Gasteiger partial charge on any atom is 0.408 e. The molecule has 3 rings (SSSR count). The van der Waals surface area contributed by atoms with Gasteiger partial charge in [-0.25, -0.2) is 4.57 Å². The van der Waals surface area contributed by atoms with Crippen molar-refractivity contribution < 1.29 is 14.0 Å². The van der Waals surface area contributed by atoms with Gasteiger partial charge in [-0.15, -0.1) is 0 Å². The molecule has 1 heterocycles. The molecule has 0 aromatic heterocycles. The second kappa shape index (κ2) is 4.76. The molecule has 0 saturated carbocycles. The van der Waals surface area contributed by atoms with Gasteiger partial charge >= 0.3 is 7.60 Å². The molecule has 1 aliphatic rings. The molecule has 0 spiro atoms. The van der Waals surface area contributed by atoms with Gasteiger partial charge in [0.25, 0.3) is 0 Å². The van der Waals surface area contributed by atoms with Crippen molar-refractivity contribution in [3.05, 3.63) is 47.5 Å². The summed E-state index contributed by atoms with van der Waals surface area (Å²) in [6.07, 6.45) is 1.71. The maximum atomic E-state index is 12.4. The van der Waals surface area contributed by atoms with Gasteiger partial charge in [0.2, 0.25) is 0 Å². The van der Waals surface area contributed by atoms with Crippen molar-refractivity contribution in [1.29, 1.82) is 0 Å². The highest BCUT2D eigenvalue weighted by Crippen LogP contribution is 2.53. The Labute approximate surface area is 118 Å². The summed E-state index contributed by atoms with van der Waals surface area (Å²) >= 11 is 0. The molecule has 104 valence electrons. The normalized spacial score (nSPS) is 19.9. The van der Waals surface area contributed by atoms with Gasteiger partial charge in [0, 0.05) is 11.1 Å². The van der Waals surface area contributed by atoms with Crippen LogP contribution in [0.25, 0.3) is 11.1 Å². The van der Waals surface area contributed by atoms with E-state index < -0.39 is 7.60 Å². The number of hydrogen-bond acceptors (Lipinski definition) is 2. The minimum Gasteiger partial charge on any atom is -0.420 e. The number of rotatable bonds is 2. The molecule has 4 heteroatoms. The summed E-state index contributed by atoms with van der Waals surface area (Å²) in [5.41, 5.74) is 3.94. The number of fused-ring (bicyclic) bond motifs is 3. The minimum absolute atomic E-state index is 0.391. The molecule has 1 atom stereocenters. The van der Waals surface area contributed by atoms with Crippen LogP contribution in [0.15, 0.2) is 36.4 Å². The van der Waals surface area contributed by atoms with Gasteiger partial charge in [-0.3, -0.25) is 0 Å². The van der Waals surface area contributed by atoms with Crippen LogP contribution in [0.1, 0.15) is 25.0 Å². The van der Waals surface area contributed by atoms with E-state index in [4.69, 9.17) is 4.52 Å². The van der Waals surface area contributed by atoms with Crippen LogP contribution in [0.3, 0.4) is 0 Å². The molecule has 0 bridgehead atoms. The average molecular weight is 288 g/mol. The van der Waals surface area contributed by atoms with Crippen molar-refractivity contribution in [1.82, 2.24) is 0 Å². The zero-order chi connectivity index (χ0) is 14.3. The zero-order valence-electron chi connectivity index (χ0n) is 11.6. The van der Waals surface area contributed by atoms with Gasteiger partial charge in [0.05, 0.1) is 5.30 Å². The summed E-state index contributed by atoms with van der Waals surface area (Å²) in [5.74, 6) is 0.564. The van der Waals surface area contributed by atoms with Gasteiger partial charge in [-0.1, -0.05) is 38.1 Å². The third-order valence-electron chi connectivity index (χ3n) is 3.73. The summed E-state index contributed by atoms with van der Waals surface area (Å²) in [6.45, 7) is 4.13. The molecule has 1 N–H and O–H groups in total. The summed E-state index contributed by atoms with van der Waals surface area (Å²) in [6, 6.07) is 11.3. The fourth-order valence-corrected chi connectivity index (χ4v) is 3.99. The Kier molecular flexibility index (Phi) is 3.19. The van der Waals surface area contributed by atoms with E-state index in [-0.39, 0.29) is 0 Å². The fourth-order valence-electron chi connectivity index (χ4n) is 2.65. The van der Waals surface area contributed by atoms with Crippen LogP contribution in [0, 0.1) is 0 Å². The van der Waals surface area contributed by atoms with Crippen LogP contribution in [0.2, 0.25) is 0 Å². The van der Waals surface area contributed by atoms with E-state index in [0.29, 0.717) is 11.1 Å². The predicted octanol–water partition coefficient (Wildman–Crippen LogP) is 3.68. The Hall–Kier alpha value is -1.57. The summed E-state index contributed by atoms with van der Waals surface area (Å²) in [4.78, 5) is 10.2. The van der Waals surface area contributed by atoms with Gasteiger partial charge in [-0.05, 0) is 36.1 Å². The molecule has 1 aliphatic heterocycles. The SMILES string of the molecule is CCc1cc(CC)c2c(c1)-c1ccccc1P(=O)(O)O2. The van der Waals surface area contributed by atoms with E-state index in [2.05, 4.69) is 19.1 Å². The molecule has 0 saturated heterocycles. The van der Waals surface area contributed by atoms with Crippen molar-refractivity contribution in [2.24, 2.45) is 0 Å². The third-order valence-corrected chi connectivity index (χ3v) is 5.16. The molecule has 20 heavy (non-hydrogen) atoms. The van der Waals surface area contributed by atoms with Crippen molar-refractivity contribution in [3.63, 3.8) is 0 Å². The lowest BCUT2D eigenvalue weighted by atomic mass is 9.96. The maximum absolute atomic E-state index is 12.4. The van der Waals surface area contributed by atoms with Crippen molar-refractivity contribution in [2.75, 3.05) is 0 Å². The highest BCUT2D eigenvalue weighted by molar-refractivity contribution is 7.62. The average Bonchev–Trinajstić information content (AvgIpc) is 2.46. The highest BCUT2D eigenvalue weighted by Gasteiger charge is 2.35. The van der Waals surface area contributed by atoms with Crippen LogP contribution in [0.5, 0.6) is 5.75 Å². The number of hydrogen-bond donors (Lipinski definition) is 1. The fraction of sp³-hybridized carbons (Fsp3) is 0.250. The molecule has 0 fully saturated rings. The van der Waals surface area contributed by atoms with Crippen molar-refractivity contribution in [3.8, 4) is 16.9 Å². The van der Waals surface area contributed by atoms with Gasteiger partial charge in [0.15, 0.2) is 0 Å². The molecule has 0 radical (unpaired) electrons. The van der Waals surface area contributed by atoms with Crippen LogP contribution in [-0.4, -0.2) is 4.89 Å². The van der Waals surface area contributed by atoms with E-state index in [1.165, 1.54) is 5.56 Å². The molecule has 0 amide bonds. The van der Waals surface area contributed by atoms with Crippen LogP contribution < -0.4 is 9.83 Å². The van der Waals surface area contributed by atoms with E-state index in [0.717, 1.165) is 29.5 Å². The summed E-state index contributed by atoms with van der Waals surface area (Å²) < 4.78 is 17.9. The Balaban J connectivity index is 2.35. The topological polar surface area (TPSA) is 46.5 Å². The van der Waals surface area contributed by atoms with Crippen molar-refractivity contribution >= 4 is 12.9 Å². The molecule has 1 unspecified atom stereocenters. The lowest BCUT2D eigenvalue weighted by Crippen LogP contribution is -2.18. The first kappa shape index (κ1) is 13.4. The van der Waals surface area contributed by atoms with E-state index in [9.17, 15) is 9.46 Å². The monoisotopic (exact) mass is 288 g/mol. The third kappa shape index (κ3) is 1.98. The first-order chi connectivity index (χ1) is 9.56. The molecule has 2 aromatic rings. The zero-order valence-corrected chi connectivity index (χ0v) is 12.5. The molecular weight excluding hydrogens is 271 g/mol. The first-order valence-corrected chi connectivity index (χ1v) is 8.42. The highest BCUT2D eigenvalue weighted by atomic mass is 31.2. The largest absolute Gasteiger partial charge is 0.420 e.